The first-order valence-corrected chi connectivity index (χ1v) is 15.5. The summed E-state index contributed by atoms with van der Waals surface area (Å²) in [5.41, 5.74) is 3.02. The van der Waals surface area contributed by atoms with E-state index in [0.29, 0.717) is 19.1 Å². The molecule has 5 aliphatic rings. The molecule has 6 atom stereocenters. The van der Waals surface area contributed by atoms with E-state index in [1.165, 1.54) is 7.11 Å². The summed E-state index contributed by atoms with van der Waals surface area (Å²) in [6.45, 7) is 2.91. The number of ether oxygens (including phenoxy) is 2. The molecule has 2 saturated carbocycles. The van der Waals surface area contributed by atoms with Crippen LogP contribution in [0.25, 0.3) is 0 Å². The molecule has 3 aromatic rings. The van der Waals surface area contributed by atoms with E-state index in [4.69, 9.17) is 9.47 Å². The van der Waals surface area contributed by atoms with Gasteiger partial charge >= 0.3 is 5.97 Å². The van der Waals surface area contributed by atoms with Crippen LogP contribution in [0.1, 0.15) is 48.8 Å². The normalized spacial score (nSPS) is 34.5. The zero-order chi connectivity index (χ0) is 28.5. The van der Waals surface area contributed by atoms with Crippen molar-refractivity contribution in [2.75, 3.05) is 25.1 Å². The van der Waals surface area contributed by atoms with Crippen molar-refractivity contribution >= 4 is 17.6 Å². The summed E-state index contributed by atoms with van der Waals surface area (Å²) in [4.78, 5) is 33.0. The number of para-hydroxylation sites is 1. The number of carbonyl (C=O) groups is 2. The highest BCUT2D eigenvalue weighted by atomic mass is 16.5. The fourth-order valence-corrected chi connectivity index (χ4v) is 9.69. The molecule has 8 rings (SSSR count). The average molecular weight is 563 g/mol. The Bertz CT molecular complexity index is 1530. The average Bonchev–Trinajstić information content (AvgIpc) is 3.51. The molecule has 2 aliphatic carbocycles. The van der Waals surface area contributed by atoms with E-state index in [2.05, 4.69) is 47.4 Å². The second-order valence-electron chi connectivity index (χ2n) is 13.2. The third kappa shape index (κ3) is 3.45. The van der Waals surface area contributed by atoms with Gasteiger partial charge in [0.2, 0.25) is 5.91 Å². The summed E-state index contributed by atoms with van der Waals surface area (Å²) in [5.74, 6) is 0.494. The maximum Gasteiger partial charge on any atom is 0.315 e. The van der Waals surface area contributed by atoms with Gasteiger partial charge in [-0.1, -0.05) is 78.9 Å². The highest BCUT2D eigenvalue weighted by Gasteiger charge is 2.82. The zero-order valence-electron chi connectivity index (χ0n) is 24.2. The van der Waals surface area contributed by atoms with E-state index in [9.17, 15) is 9.59 Å². The third-order valence-corrected chi connectivity index (χ3v) is 11.6. The fraction of sp³-hybridized carbons (Fsp3) is 0.444. The second-order valence-corrected chi connectivity index (χ2v) is 13.2. The van der Waals surface area contributed by atoms with Crippen molar-refractivity contribution in [3.63, 3.8) is 0 Å². The lowest BCUT2D eigenvalue weighted by Crippen LogP contribution is -2.58. The van der Waals surface area contributed by atoms with Crippen molar-refractivity contribution in [1.82, 2.24) is 4.90 Å². The van der Waals surface area contributed by atoms with Crippen LogP contribution < -0.4 is 4.90 Å². The molecular weight excluding hydrogens is 524 g/mol. The molecule has 0 radical (unpaired) electrons. The Morgan fingerprint density at radius 1 is 0.929 bits per heavy atom. The van der Waals surface area contributed by atoms with Crippen LogP contribution in [-0.4, -0.2) is 49.1 Å². The lowest BCUT2D eigenvalue weighted by molar-refractivity contribution is -0.166. The first-order chi connectivity index (χ1) is 20.5. The molecule has 3 heterocycles. The number of carbonyl (C=O) groups excluding carboxylic acids is 2. The number of fused-ring (bicyclic) bond motifs is 4. The Labute approximate surface area is 247 Å². The summed E-state index contributed by atoms with van der Waals surface area (Å²) in [6.07, 6.45) is 4.18. The molecule has 6 heteroatoms. The van der Waals surface area contributed by atoms with E-state index in [1.54, 1.807) is 0 Å². The molecule has 0 aromatic heterocycles. The number of benzene rings is 3. The molecule has 2 saturated heterocycles. The maximum absolute atomic E-state index is 14.7. The maximum atomic E-state index is 14.7. The molecule has 0 unspecified atom stereocenters. The Hall–Kier alpha value is -3.48. The van der Waals surface area contributed by atoms with Crippen molar-refractivity contribution in [3.8, 4) is 0 Å². The van der Waals surface area contributed by atoms with Crippen molar-refractivity contribution in [1.29, 1.82) is 0 Å². The van der Waals surface area contributed by atoms with Crippen LogP contribution in [-0.2, 0) is 37.6 Å². The Balaban J connectivity index is 1.14. The SMILES string of the molecule is COC(=O)[C@@]12C[C@@]13C[C@@H]1N(CC[C@@]14C(=O)N(Cc1ccccc1)c1ccccc14)C[C@@H]3CC[C@@H]2OCc1ccccc1. The van der Waals surface area contributed by atoms with Crippen molar-refractivity contribution in [2.24, 2.45) is 16.7 Å². The smallest absolute Gasteiger partial charge is 0.315 e. The summed E-state index contributed by atoms with van der Waals surface area (Å²) in [6, 6.07) is 29.0. The van der Waals surface area contributed by atoms with Gasteiger partial charge < -0.3 is 14.4 Å². The minimum atomic E-state index is -0.639. The number of anilines is 1. The molecule has 4 fully saturated rings. The van der Waals surface area contributed by atoms with E-state index in [1.807, 2.05) is 47.4 Å². The largest absolute Gasteiger partial charge is 0.468 e. The predicted octanol–water partition coefficient (Wildman–Crippen LogP) is 5.49. The Morgan fingerprint density at radius 2 is 1.64 bits per heavy atom. The first-order valence-electron chi connectivity index (χ1n) is 15.5. The van der Waals surface area contributed by atoms with E-state index >= 15 is 0 Å². The first kappa shape index (κ1) is 26.2. The van der Waals surface area contributed by atoms with E-state index < -0.39 is 10.8 Å². The molecule has 1 amide bonds. The molecule has 0 N–H and O–H groups in total. The zero-order valence-corrected chi connectivity index (χ0v) is 24.2. The highest BCUT2D eigenvalue weighted by Crippen LogP contribution is 2.79. The monoisotopic (exact) mass is 562 g/mol. The Morgan fingerprint density at radius 3 is 2.40 bits per heavy atom. The molecule has 6 nitrogen and oxygen atoms in total. The van der Waals surface area contributed by atoms with Crippen molar-refractivity contribution in [2.45, 2.75) is 62.8 Å². The number of rotatable bonds is 6. The summed E-state index contributed by atoms with van der Waals surface area (Å²) < 4.78 is 12.1. The van der Waals surface area contributed by atoms with Gasteiger partial charge in [-0.2, -0.15) is 0 Å². The van der Waals surface area contributed by atoms with Gasteiger partial charge in [0.15, 0.2) is 0 Å². The topological polar surface area (TPSA) is 59.1 Å². The molecule has 3 aromatic carbocycles. The number of hydrogen-bond donors (Lipinski definition) is 0. The van der Waals surface area contributed by atoms with Gasteiger partial charge in [-0.15, -0.1) is 0 Å². The molecular formula is C36H38N2O4. The van der Waals surface area contributed by atoms with E-state index in [0.717, 1.165) is 67.6 Å². The quantitative estimate of drug-likeness (QED) is 0.372. The van der Waals surface area contributed by atoms with Gasteiger partial charge in [-0.25, -0.2) is 0 Å². The lowest BCUT2D eigenvalue weighted by atomic mass is 9.61. The number of esters is 1. The summed E-state index contributed by atoms with van der Waals surface area (Å²) in [7, 11) is 1.52. The van der Waals surface area contributed by atoms with Gasteiger partial charge in [0.1, 0.15) is 5.41 Å². The van der Waals surface area contributed by atoms with Crippen LogP contribution in [0.15, 0.2) is 84.9 Å². The van der Waals surface area contributed by atoms with E-state index in [-0.39, 0.29) is 29.4 Å². The molecule has 42 heavy (non-hydrogen) atoms. The Kier molecular flexibility index (Phi) is 5.93. The van der Waals surface area contributed by atoms with Crippen LogP contribution >= 0.6 is 0 Å². The number of methoxy groups -OCH3 is 1. The second kappa shape index (κ2) is 9.51. The van der Waals surface area contributed by atoms with Gasteiger partial charge in [-0.3, -0.25) is 14.5 Å². The lowest BCUT2D eigenvalue weighted by Gasteiger charge is -2.50. The summed E-state index contributed by atoms with van der Waals surface area (Å²) in [5, 5.41) is 0. The predicted molar refractivity (Wildman–Crippen MR) is 160 cm³/mol. The standard InChI is InChI=1S/C36H38N2O4/c1-41-33(40)36-24-34(36)20-30-35(28-14-8-9-15-29(28)38(32(35)39)21-25-10-4-2-5-11-25)18-19-37(30)22-27(34)16-17-31(36)42-23-26-12-6-3-7-13-26/h2-15,27,30-31H,16-24H2,1H3/t27-,30-,31-,34+,35-,36-/m0/s1. The van der Waals surface area contributed by atoms with Crippen molar-refractivity contribution in [3.05, 3.63) is 102 Å². The molecule has 3 aliphatic heterocycles. The van der Waals surface area contributed by atoms with Crippen LogP contribution in [0.3, 0.4) is 0 Å². The molecule has 0 bridgehead atoms. The molecule has 2 spiro atoms. The van der Waals surface area contributed by atoms with Gasteiger partial charge in [0.05, 0.1) is 31.8 Å². The van der Waals surface area contributed by atoms with Crippen molar-refractivity contribution < 1.29 is 19.1 Å². The minimum Gasteiger partial charge on any atom is -0.468 e. The number of amides is 1. The minimum absolute atomic E-state index is 0.0579. The number of nitrogens with zero attached hydrogens (tertiary/aromatic N) is 2. The summed E-state index contributed by atoms with van der Waals surface area (Å²) >= 11 is 0. The molecule has 216 valence electrons. The van der Waals surface area contributed by atoms with Gasteiger partial charge in [-0.05, 0) is 72.7 Å². The van der Waals surface area contributed by atoms with Crippen LogP contribution in [0.4, 0.5) is 5.69 Å². The van der Waals surface area contributed by atoms with Gasteiger partial charge in [0.25, 0.3) is 0 Å². The number of piperidine rings is 1. The highest BCUT2D eigenvalue weighted by molar-refractivity contribution is 6.09. The van der Waals surface area contributed by atoms with Crippen LogP contribution in [0.5, 0.6) is 0 Å². The number of hydrogen-bond acceptors (Lipinski definition) is 5. The van der Waals surface area contributed by atoms with Crippen LogP contribution in [0, 0.1) is 16.7 Å². The van der Waals surface area contributed by atoms with Gasteiger partial charge in [0, 0.05) is 18.3 Å². The fourth-order valence-electron chi connectivity index (χ4n) is 9.69. The third-order valence-electron chi connectivity index (χ3n) is 11.6. The van der Waals surface area contributed by atoms with Crippen LogP contribution in [0.2, 0.25) is 0 Å².